The lowest BCUT2D eigenvalue weighted by Gasteiger charge is -2.10. The van der Waals surface area contributed by atoms with Gasteiger partial charge in [-0.25, -0.2) is 4.79 Å². The molecule has 4 aromatic heterocycles. The van der Waals surface area contributed by atoms with Crippen molar-refractivity contribution in [3.8, 4) is 16.5 Å². The summed E-state index contributed by atoms with van der Waals surface area (Å²) < 4.78 is 13.0. The first-order chi connectivity index (χ1) is 12.2. The summed E-state index contributed by atoms with van der Waals surface area (Å²) in [4.78, 5) is 13.9. The molecule has 0 aromatic carbocycles. The van der Waals surface area contributed by atoms with E-state index in [1.54, 1.807) is 6.92 Å². The SMILES string of the molecule is C[C@H](OC(=O)c1sccc1-n1cccc1)c1nnc(-c2cccs2)o1. The van der Waals surface area contributed by atoms with Gasteiger partial charge in [-0.3, -0.25) is 0 Å². The predicted octanol–water partition coefficient (Wildman–Crippen LogP) is 4.57. The van der Waals surface area contributed by atoms with Crippen molar-refractivity contribution in [2.45, 2.75) is 13.0 Å². The van der Waals surface area contributed by atoms with Gasteiger partial charge in [-0.1, -0.05) is 6.07 Å². The highest BCUT2D eigenvalue weighted by atomic mass is 32.1. The molecular weight excluding hydrogens is 358 g/mol. The van der Waals surface area contributed by atoms with Crippen LogP contribution in [0.4, 0.5) is 0 Å². The molecule has 4 rings (SSSR count). The van der Waals surface area contributed by atoms with E-state index in [9.17, 15) is 4.79 Å². The minimum absolute atomic E-state index is 0.274. The van der Waals surface area contributed by atoms with Crippen LogP contribution in [0.25, 0.3) is 16.5 Å². The molecule has 4 heterocycles. The molecule has 0 aliphatic carbocycles. The Bertz CT molecular complexity index is 971. The van der Waals surface area contributed by atoms with E-state index in [0.717, 1.165) is 10.6 Å². The number of thiophene rings is 2. The minimum atomic E-state index is -0.631. The molecule has 0 unspecified atom stereocenters. The second-order valence-corrected chi connectivity index (χ2v) is 7.06. The third-order valence-corrected chi connectivity index (χ3v) is 5.26. The van der Waals surface area contributed by atoms with Crippen molar-refractivity contribution < 1.29 is 13.9 Å². The second-order valence-electron chi connectivity index (χ2n) is 5.20. The maximum absolute atomic E-state index is 12.5. The first kappa shape index (κ1) is 15.8. The summed E-state index contributed by atoms with van der Waals surface area (Å²) in [7, 11) is 0. The lowest BCUT2D eigenvalue weighted by molar-refractivity contribution is 0.0286. The molecule has 6 nitrogen and oxygen atoms in total. The molecule has 25 heavy (non-hydrogen) atoms. The lowest BCUT2D eigenvalue weighted by Crippen LogP contribution is -2.10. The number of hydrogen-bond donors (Lipinski definition) is 0. The van der Waals surface area contributed by atoms with E-state index in [4.69, 9.17) is 9.15 Å². The number of carbonyl (C=O) groups is 1. The van der Waals surface area contributed by atoms with Gasteiger partial charge in [0.05, 0.1) is 10.6 Å². The number of nitrogens with zero attached hydrogens (tertiary/aromatic N) is 3. The Labute approximate surface area is 151 Å². The van der Waals surface area contributed by atoms with E-state index >= 15 is 0 Å². The first-order valence-electron chi connectivity index (χ1n) is 7.51. The smallest absolute Gasteiger partial charge is 0.351 e. The molecule has 0 aliphatic heterocycles. The van der Waals surface area contributed by atoms with Crippen LogP contribution in [0.15, 0.2) is 57.9 Å². The van der Waals surface area contributed by atoms with Crippen molar-refractivity contribution >= 4 is 28.6 Å². The van der Waals surface area contributed by atoms with Crippen molar-refractivity contribution in [3.05, 3.63) is 64.3 Å². The molecule has 1 atom stereocenters. The van der Waals surface area contributed by atoms with E-state index in [-0.39, 0.29) is 5.89 Å². The quantitative estimate of drug-likeness (QED) is 0.481. The van der Waals surface area contributed by atoms with Crippen molar-refractivity contribution in [1.82, 2.24) is 14.8 Å². The molecule has 0 fully saturated rings. The monoisotopic (exact) mass is 371 g/mol. The van der Waals surface area contributed by atoms with Gasteiger partial charge in [-0.2, -0.15) is 0 Å². The third-order valence-electron chi connectivity index (χ3n) is 3.52. The number of ether oxygens (including phenoxy) is 1. The van der Waals surface area contributed by atoms with Crippen LogP contribution in [0.1, 0.15) is 28.6 Å². The summed E-state index contributed by atoms with van der Waals surface area (Å²) in [6.07, 6.45) is 3.13. The number of esters is 1. The maximum Gasteiger partial charge on any atom is 0.351 e. The summed E-state index contributed by atoms with van der Waals surface area (Å²) in [5, 5.41) is 11.8. The Balaban J connectivity index is 1.51. The van der Waals surface area contributed by atoms with Crippen molar-refractivity contribution in [2.24, 2.45) is 0 Å². The largest absolute Gasteiger partial charge is 0.448 e. The van der Waals surface area contributed by atoms with E-state index < -0.39 is 12.1 Å². The fraction of sp³-hybridized carbons (Fsp3) is 0.118. The number of aromatic nitrogens is 3. The van der Waals surface area contributed by atoms with Crippen LogP contribution in [-0.4, -0.2) is 20.7 Å². The number of carbonyl (C=O) groups excluding carboxylic acids is 1. The van der Waals surface area contributed by atoms with E-state index in [1.807, 2.05) is 58.1 Å². The molecule has 0 saturated heterocycles. The summed E-state index contributed by atoms with van der Waals surface area (Å²) in [5.74, 6) is 0.287. The van der Waals surface area contributed by atoms with Crippen LogP contribution < -0.4 is 0 Å². The van der Waals surface area contributed by atoms with Gasteiger partial charge in [0.2, 0.25) is 0 Å². The topological polar surface area (TPSA) is 70.2 Å². The molecule has 0 radical (unpaired) electrons. The Morgan fingerprint density at radius 1 is 1.16 bits per heavy atom. The van der Waals surface area contributed by atoms with Gasteiger partial charge in [-0.15, -0.1) is 32.9 Å². The average Bonchev–Trinajstić information content (AvgIpc) is 3.43. The van der Waals surface area contributed by atoms with Crippen LogP contribution in [-0.2, 0) is 4.74 Å². The number of hydrogen-bond acceptors (Lipinski definition) is 7. The summed E-state index contributed by atoms with van der Waals surface area (Å²) in [6.45, 7) is 1.71. The highest BCUT2D eigenvalue weighted by molar-refractivity contribution is 7.13. The summed E-state index contributed by atoms with van der Waals surface area (Å²) in [6, 6.07) is 9.49. The van der Waals surface area contributed by atoms with E-state index in [1.165, 1.54) is 22.7 Å². The molecule has 0 aliphatic rings. The van der Waals surface area contributed by atoms with Crippen LogP contribution in [0.2, 0.25) is 0 Å². The van der Waals surface area contributed by atoms with Gasteiger partial charge in [0, 0.05) is 12.4 Å². The van der Waals surface area contributed by atoms with E-state index in [2.05, 4.69) is 10.2 Å². The van der Waals surface area contributed by atoms with Gasteiger partial charge >= 0.3 is 5.97 Å². The van der Waals surface area contributed by atoms with Gasteiger partial charge in [-0.05, 0) is 41.9 Å². The van der Waals surface area contributed by atoms with Gasteiger partial charge in [0.1, 0.15) is 4.88 Å². The van der Waals surface area contributed by atoms with Crippen LogP contribution in [0.5, 0.6) is 0 Å². The van der Waals surface area contributed by atoms with Crippen LogP contribution in [0, 0.1) is 0 Å². The minimum Gasteiger partial charge on any atom is -0.448 e. The second kappa shape index (κ2) is 6.66. The van der Waals surface area contributed by atoms with Crippen molar-refractivity contribution in [1.29, 1.82) is 0 Å². The Morgan fingerprint density at radius 2 is 2.00 bits per heavy atom. The van der Waals surface area contributed by atoms with Crippen molar-refractivity contribution in [2.75, 3.05) is 0 Å². The van der Waals surface area contributed by atoms with Crippen molar-refractivity contribution in [3.63, 3.8) is 0 Å². The highest BCUT2D eigenvalue weighted by Gasteiger charge is 2.23. The standard InChI is InChI=1S/C17H13N3O3S2/c1-11(15-18-19-16(23-15)13-5-4-9-24-13)22-17(21)14-12(6-10-25-14)20-7-2-3-8-20/h2-11H,1H3/t11-/m0/s1. The van der Waals surface area contributed by atoms with E-state index in [0.29, 0.717) is 10.8 Å². The normalized spacial score (nSPS) is 12.2. The maximum atomic E-state index is 12.5. The molecular formula is C17H13N3O3S2. The zero-order chi connectivity index (χ0) is 17.2. The Kier molecular flexibility index (Phi) is 4.21. The van der Waals surface area contributed by atoms with Crippen LogP contribution in [0.3, 0.4) is 0 Å². The fourth-order valence-electron chi connectivity index (χ4n) is 2.32. The number of rotatable bonds is 5. The summed E-state index contributed by atoms with van der Waals surface area (Å²) >= 11 is 2.84. The molecule has 0 spiro atoms. The zero-order valence-electron chi connectivity index (χ0n) is 13.2. The van der Waals surface area contributed by atoms with Gasteiger partial charge in [0.15, 0.2) is 6.10 Å². The highest BCUT2D eigenvalue weighted by Crippen LogP contribution is 2.28. The molecule has 0 bridgehead atoms. The first-order valence-corrected chi connectivity index (χ1v) is 9.27. The molecule has 126 valence electrons. The van der Waals surface area contributed by atoms with Crippen LogP contribution >= 0.6 is 22.7 Å². The zero-order valence-corrected chi connectivity index (χ0v) is 14.8. The molecule has 4 aromatic rings. The molecule has 0 saturated carbocycles. The Hall–Kier alpha value is -2.71. The molecule has 0 N–H and O–H groups in total. The summed E-state index contributed by atoms with van der Waals surface area (Å²) in [5.41, 5.74) is 0.789. The molecule has 0 amide bonds. The molecule has 8 heteroatoms. The fourth-order valence-corrected chi connectivity index (χ4v) is 3.73. The van der Waals surface area contributed by atoms with Gasteiger partial charge in [0.25, 0.3) is 11.8 Å². The third kappa shape index (κ3) is 3.13. The van der Waals surface area contributed by atoms with Gasteiger partial charge < -0.3 is 13.7 Å². The predicted molar refractivity (Wildman–Crippen MR) is 95.1 cm³/mol. The average molecular weight is 371 g/mol. The Morgan fingerprint density at radius 3 is 2.76 bits per heavy atom. The lowest BCUT2D eigenvalue weighted by atomic mass is 10.3.